The van der Waals surface area contributed by atoms with Crippen molar-refractivity contribution in [2.75, 3.05) is 50.0 Å². The number of aromatic nitrogens is 6. The van der Waals surface area contributed by atoms with Crippen LogP contribution in [0, 0.1) is 0 Å². The third-order valence-corrected chi connectivity index (χ3v) is 11.9. The van der Waals surface area contributed by atoms with Crippen LogP contribution in [0.2, 0.25) is 0 Å². The van der Waals surface area contributed by atoms with Gasteiger partial charge in [0.1, 0.15) is 17.3 Å². The van der Waals surface area contributed by atoms with Crippen molar-refractivity contribution in [3.63, 3.8) is 0 Å². The van der Waals surface area contributed by atoms with Crippen LogP contribution < -0.4 is 20.3 Å². The molecule has 2 aliphatic heterocycles. The number of hydrogen-bond acceptors (Lipinski definition) is 11. The first kappa shape index (κ1) is 39.8. The number of halogens is 2. The summed E-state index contributed by atoms with van der Waals surface area (Å²) in [7, 11) is 2.07. The molecule has 0 spiro atoms. The van der Waals surface area contributed by atoms with E-state index >= 15 is 0 Å². The number of urea groups is 1. The van der Waals surface area contributed by atoms with Gasteiger partial charge in [0.25, 0.3) is 0 Å². The van der Waals surface area contributed by atoms with Crippen LogP contribution in [-0.2, 0) is 29.4 Å². The number of fused-ring (bicyclic) bond motifs is 1. The summed E-state index contributed by atoms with van der Waals surface area (Å²) in [5.41, 5.74) is 4.00. The summed E-state index contributed by atoms with van der Waals surface area (Å²) < 4.78 is 46.4. The van der Waals surface area contributed by atoms with Gasteiger partial charge in [0.15, 0.2) is 17.4 Å². The minimum Gasteiger partial charge on any atom is -0.432 e. The largest absolute Gasteiger partial charge is 0.432 e. The highest BCUT2D eigenvalue weighted by Crippen LogP contribution is 2.34. The predicted molar refractivity (Wildman–Crippen MR) is 211 cm³/mol. The lowest BCUT2D eigenvalue weighted by molar-refractivity contribution is -0.107. The van der Waals surface area contributed by atoms with Crippen LogP contribution in [0.4, 0.5) is 25.3 Å². The van der Waals surface area contributed by atoms with Gasteiger partial charge >= 0.3 is 12.6 Å². The number of anilines is 2. The molecule has 300 valence electrons. The monoisotopic (exact) mass is 801 g/mol. The molecule has 5 aromatic rings. The van der Waals surface area contributed by atoms with Crippen molar-refractivity contribution < 1.29 is 27.3 Å². The number of benzene rings is 2. The molecule has 0 saturated carbocycles. The van der Waals surface area contributed by atoms with Gasteiger partial charge in [-0.1, -0.05) is 18.2 Å². The van der Waals surface area contributed by atoms with Crippen LogP contribution in [0.25, 0.3) is 22.3 Å². The summed E-state index contributed by atoms with van der Waals surface area (Å²) in [6, 6.07) is 13.6. The van der Waals surface area contributed by atoms with E-state index in [4.69, 9.17) is 0 Å². The van der Waals surface area contributed by atoms with Gasteiger partial charge in [-0.05, 0) is 74.5 Å². The second-order valence-electron chi connectivity index (χ2n) is 14.1. The number of nitrogens with one attached hydrogen (secondary N) is 2. The van der Waals surface area contributed by atoms with Gasteiger partial charge in [0.2, 0.25) is 5.95 Å². The van der Waals surface area contributed by atoms with Crippen molar-refractivity contribution in [2.24, 2.45) is 7.05 Å². The Bertz CT molecular complexity index is 2180. The average Bonchev–Trinajstić information content (AvgIpc) is 3.56. The van der Waals surface area contributed by atoms with E-state index in [-0.39, 0.29) is 30.8 Å². The van der Waals surface area contributed by atoms with E-state index < -0.39 is 17.6 Å². The zero-order chi connectivity index (χ0) is 39.9. The standard InChI is InChI=1S/C39H45F2N11O4S/c1-42-39(54)52(13-4-18-53)36-33-8-7-28(20-34(33)49(2)48-36)27-9-14-50(15-10-27)25-26-21-43-35(44-22-26)29-5-3-6-32(19-29)57(55)51-16-11-30(12-17-51)47-38-45-23-31(24-46-38)56-37(40)41/h3,5-8,18-24,27,30,37H,4,9-17,25H2,1-2H3,(H,42,54)(H,45,46,47). The molecule has 1 unspecified atom stereocenters. The summed E-state index contributed by atoms with van der Waals surface area (Å²) in [4.78, 5) is 45.7. The number of ether oxygens (including phenoxy) is 1. The molecule has 2 saturated heterocycles. The van der Waals surface area contributed by atoms with E-state index in [9.17, 15) is 22.6 Å². The molecule has 15 nitrogen and oxygen atoms in total. The van der Waals surface area contributed by atoms with E-state index in [1.165, 1.54) is 22.9 Å². The minimum absolute atomic E-state index is 0.0535. The van der Waals surface area contributed by atoms with E-state index in [0.29, 0.717) is 54.3 Å². The highest BCUT2D eigenvalue weighted by atomic mass is 32.2. The highest BCUT2D eigenvalue weighted by Gasteiger charge is 2.26. The number of carbonyl (C=O) groups is 2. The average molecular weight is 802 g/mol. The number of aldehydes is 1. The summed E-state index contributed by atoms with van der Waals surface area (Å²) in [5, 5.41) is 11.4. The van der Waals surface area contributed by atoms with E-state index in [1.54, 1.807) is 11.7 Å². The minimum atomic E-state index is -2.93. The quantitative estimate of drug-likeness (QED) is 0.143. The summed E-state index contributed by atoms with van der Waals surface area (Å²) in [5.74, 6) is 1.73. The fourth-order valence-electron chi connectivity index (χ4n) is 7.39. The van der Waals surface area contributed by atoms with E-state index in [2.05, 4.69) is 57.4 Å². The topological polar surface area (TPSA) is 164 Å². The lowest BCUT2D eigenvalue weighted by atomic mass is 9.89. The Balaban J connectivity index is 0.902. The molecule has 5 heterocycles. The van der Waals surface area contributed by atoms with Gasteiger partial charge < -0.3 is 20.2 Å². The zero-order valence-electron chi connectivity index (χ0n) is 31.8. The van der Waals surface area contributed by atoms with Gasteiger partial charge in [-0.15, -0.1) is 0 Å². The second kappa shape index (κ2) is 18.2. The maximum absolute atomic E-state index is 13.6. The van der Waals surface area contributed by atoms with Gasteiger partial charge in [0.05, 0.1) is 22.8 Å². The fraction of sp³-hybridized carbons (Fsp3) is 0.410. The molecule has 0 aliphatic carbocycles. The molecular formula is C39H45F2N11O4S. The Morgan fingerprint density at radius 3 is 2.42 bits per heavy atom. The second-order valence-corrected chi connectivity index (χ2v) is 15.6. The van der Waals surface area contributed by atoms with Crippen LogP contribution in [0.5, 0.6) is 5.75 Å². The van der Waals surface area contributed by atoms with Gasteiger partial charge in [-0.3, -0.25) is 14.5 Å². The maximum atomic E-state index is 13.6. The van der Waals surface area contributed by atoms with Crippen molar-refractivity contribution in [3.05, 3.63) is 78.4 Å². The number of amides is 2. The molecule has 0 bridgehead atoms. The molecule has 0 radical (unpaired) electrons. The molecule has 2 aliphatic rings. The predicted octanol–water partition coefficient (Wildman–Crippen LogP) is 5.14. The number of carbonyl (C=O) groups excluding carboxylic acids is 2. The Labute approximate surface area is 331 Å². The molecule has 2 fully saturated rings. The molecule has 2 N–H and O–H groups in total. The smallest absolute Gasteiger partial charge is 0.387 e. The first-order chi connectivity index (χ1) is 27.7. The zero-order valence-corrected chi connectivity index (χ0v) is 32.6. The number of rotatable bonds is 14. The van der Waals surface area contributed by atoms with Gasteiger partial charge in [0, 0.05) is 81.6 Å². The van der Waals surface area contributed by atoms with E-state index in [0.717, 1.165) is 60.8 Å². The Morgan fingerprint density at radius 2 is 1.74 bits per heavy atom. The summed E-state index contributed by atoms with van der Waals surface area (Å²) >= 11 is 0. The van der Waals surface area contributed by atoms with Gasteiger partial charge in [-0.25, -0.2) is 33.2 Å². The third kappa shape index (κ3) is 9.57. The molecule has 3 aromatic heterocycles. The van der Waals surface area contributed by atoms with E-state index in [1.807, 2.05) is 54.1 Å². The third-order valence-electron chi connectivity index (χ3n) is 10.4. The molecule has 57 heavy (non-hydrogen) atoms. The van der Waals surface area contributed by atoms with Crippen LogP contribution in [0.15, 0.2) is 72.1 Å². The number of piperidine rings is 2. The maximum Gasteiger partial charge on any atom is 0.387 e. The SMILES string of the molecule is CNC(=O)N(CCC=O)c1nn(C)c2cc(C3CCN(Cc4cnc(-c5cccc(S(=O)N6CCC(Nc7ncc(OC(F)F)cn7)CC6)c5)nc4)CC3)ccc12. The summed E-state index contributed by atoms with van der Waals surface area (Å²) in [6.07, 6.45) is 10.6. The van der Waals surface area contributed by atoms with Crippen LogP contribution in [-0.4, -0.2) is 108 Å². The normalized spacial score (nSPS) is 16.4. The van der Waals surface area contributed by atoms with Crippen LogP contribution in [0.3, 0.4) is 0 Å². The Morgan fingerprint density at radius 1 is 1.00 bits per heavy atom. The van der Waals surface area contributed by atoms with Crippen molar-refractivity contribution in [3.8, 4) is 17.1 Å². The highest BCUT2D eigenvalue weighted by molar-refractivity contribution is 7.82. The van der Waals surface area contributed by atoms with Crippen LogP contribution >= 0.6 is 0 Å². The molecule has 2 aromatic carbocycles. The van der Waals surface area contributed by atoms with Gasteiger partial charge in [-0.2, -0.15) is 13.9 Å². The fourth-order valence-corrected chi connectivity index (χ4v) is 8.66. The number of likely N-dealkylation sites (tertiary alicyclic amines) is 1. The van der Waals surface area contributed by atoms with Crippen molar-refractivity contribution in [1.29, 1.82) is 0 Å². The first-order valence-corrected chi connectivity index (χ1v) is 20.0. The molecular weight excluding hydrogens is 757 g/mol. The lowest BCUT2D eigenvalue weighted by Crippen LogP contribution is -2.40. The molecule has 18 heteroatoms. The number of aryl methyl sites for hydroxylation is 1. The van der Waals surface area contributed by atoms with Crippen molar-refractivity contribution in [1.82, 2.24) is 44.2 Å². The lowest BCUT2D eigenvalue weighted by Gasteiger charge is -2.32. The number of hydrogen-bond donors (Lipinski definition) is 2. The molecule has 2 amide bonds. The van der Waals surface area contributed by atoms with Crippen molar-refractivity contribution >= 4 is 46.0 Å². The molecule has 1 atom stereocenters. The number of alkyl halides is 2. The Hall–Kier alpha value is -5.46. The number of nitrogens with zero attached hydrogens (tertiary/aromatic N) is 9. The summed E-state index contributed by atoms with van der Waals surface area (Å²) in [6.45, 7) is 1.10. The Kier molecular flexibility index (Phi) is 12.7. The van der Waals surface area contributed by atoms with Crippen molar-refractivity contribution in [2.45, 2.75) is 62.1 Å². The molecule has 7 rings (SSSR count). The van der Waals surface area contributed by atoms with Crippen LogP contribution in [0.1, 0.15) is 49.1 Å². The first-order valence-electron chi connectivity index (χ1n) is 18.9.